The van der Waals surface area contributed by atoms with Gasteiger partial charge in [-0.2, -0.15) is 0 Å². The summed E-state index contributed by atoms with van der Waals surface area (Å²) in [7, 11) is 0. The van der Waals surface area contributed by atoms with Gasteiger partial charge < -0.3 is 9.88 Å². The summed E-state index contributed by atoms with van der Waals surface area (Å²) in [5.41, 5.74) is 3.64. The molecule has 0 saturated heterocycles. The van der Waals surface area contributed by atoms with E-state index >= 15 is 0 Å². The van der Waals surface area contributed by atoms with Crippen molar-refractivity contribution >= 4 is 35.6 Å². The molecule has 1 atom stereocenters. The van der Waals surface area contributed by atoms with Crippen LogP contribution in [0.3, 0.4) is 0 Å². The highest BCUT2D eigenvalue weighted by atomic mass is 35.5. The Morgan fingerprint density at radius 3 is 2.37 bits per heavy atom. The van der Waals surface area contributed by atoms with Gasteiger partial charge in [0.15, 0.2) is 0 Å². The smallest absolute Gasteiger partial charge is 0.270 e. The molecule has 2 heterocycles. The molecule has 1 unspecified atom stereocenters. The zero-order chi connectivity index (χ0) is 18.5. The fourth-order valence-corrected chi connectivity index (χ4v) is 3.90. The van der Waals surface area contributed by atoms with Crippen LogP contribution < -0.4 is 5.32 Å². The minimum absolute atomic E-state index is 0. The molecule has 0 fully saturated rings. The summed E-state index contributed by atoms with van der Waals surface area (Å²) in [4.78, 5) is 0. The molecule has 4 rings (SSSR count). The first-order valence-electron chi connectivity index (χ1n) is 8.22. The Morgan fingerprint density at radius 1 is 1.04 bits per heavy atom. The third-order valence-corrected chi connectivity index (χ3v) is 5.39. The quantitative estimate of drug-likeness (QED) is 0.491. The maximum atomic E-state index is 13.5. The first-order valence-corrected chi connectivity index (χ1v) is 8.98. The lowest BCUT2D eigenvalue weighted by Gasteiger charge is -2.19. The molecule has 0 bridgehead atoms. The van der Waals surface area contributed by atoms with Gasteiger partial charge in [-0.3, -0.25) is 0 Å². The monoisotopic (exact) mass is 428 g/mol. The minimum Gasteiger partial charge on any atom is -0.317 e. The van der Waals surface area contributed by atoms with Gasteiger partial charge in [0, 0.05) is 41.5 Å². The molecular weight excluding hydrogens is 413 g/mol. The van der Waals surface area contributed by atoms with Gasteiger partial charge in [0.05, 0.1) is 16.8 Å². The Hall–Kier alpha value is -1.59. The fraction of sp³-hybridized carbons (Fsp3) is 0.200. The van der Waals surface area contributed by atoms with Gasteiger partial charge in [0.1, 0.15) is 0 Å². The molecule has 0 spiro atoms. The van der Waals surface area contributed by atoms with Crippen molar-refractivity contribution in [2.45, 2.75) is 25.4 Å². The standard InChI is InChI=1S/C20H16Cl2F2N2.ClH/c1-20(23,24)13-6-4-12(5-7-13)18-17-3-2-10-26(17)19-14(11-25-18)15(21)8-9-16(19)22;/h2-10,18,25H,11H2,1H3;1H. The van der Waals surface area contributed by atoms with Gasteiger partial charge in [0.25, 0.3) is 5.92 Å². The lowest BCUT2D eigenvalue weighted by atomic mass is 10.0. The molecule has 27 heavy (non-hydrogen) atoms. The van der Waals surface area contributed by atoms with E-state index in [-0.39, 0.29) is 24.0 Å². The first-order chi connectivity index (χ1) is 12.4. The fourth-order valence-electron chi connectivity index (χ4n) is 3.41. The second-order valence-electron chi connectivity index (χ2n) is 6.48. The van der Waals surface area contributed by atoms with Gasteiger partial charge in [0.2, 0.25) is 0 Å². The zero-order valence-corrected chi connectivity index (χ0v) is 16.7. The van der Waals surface area contributed by atoms with Crippen molar-refractivity contribution in [3.63, 3.8) is 0 Å². The van der Waals surface area contributed by atoms with Gasteiger partial charge in [-0.25, -0.2) is 8.78 Å². The van der Waals surface area contributed by atoms with Crippen molar-refractivity contribution < 1.29 is 8.78 Å². The van der Waals surface area contributed by atoms with Crippen molar-refractivity contribution in [3.8, 4) is 5.69 Å². The summed E-state index contributed by atoms with van der Waals surface area (Å²) < 4.78 is 29.0. The maximum absolute atomic E-state index is 13.5. The Kier molecular flexibility index (Phi) is 5.55. The summed E-state index contributed by atoms with van der Waals surface area (Å²) >= 11 is 12.8. The molecule has 2 aromatic carbocycles. The summed E-state index contributed by atoms with van der Waals surface area (Å²) in [6, 6.07) is 13.8. The van der Waals surface area contributed by atoms with Gasteiger partial charge in [-0.15, -0.1) is 12.4 Å². The van der Waals surface area contributed by atoms with Crippen LogP contribution in [-0.2, 0) is 12.5 Å². The van der Waals surface area contributed by atoms with Crippen LogP contribution in [0.5, 0.6) is 0 Å². The number of halogens is 5. The van der Waals surface area contributed by atoms with E-state index in [0.29, 0.717) is 16.6 Å². The lowest BCUT2D eigenvalue weighted by molar-refractivity contribution is 0.0174. The highest BCUT2D eigenvalue weighted by molar-refractivity contribution is 6.35. The van der Waals surface area contributed by atoms with Gasteiger partial charge >= 0.3 is 0 Å². The van der Waals surface area contributed by atoms with Crippen molar-refractivity contribution in [1.82, 2.24) is 9.88 Å². The molecule has 3 aromatic rings. The molecule has 1 aliphatic heterocycles. The van der Waals surface area contributed by atoms with Crippen LogP contribution in [0.2, 0.25) is 10.0 Å². The topological polar surface area (TPSA) is 17.0 Å². The number of fused-ring (bicyclic) bond motifs is 3. The summed E-state index contributed by atoms with van der Waals surface area (Å²) in [6.45, 7) is 1.42. The van der Waals surface area contributed by atoms with E-state index < -0.39 is 5.92 Å². The Bertz CT molecular complexity index is 962. The van der Waals surface area contributed by atoms with E-state index in [1.807, 2.05) is 22.9 Å². The van der Waals surface area contributed by atoms with Gasteiger partial charge in [-0.05, 0) is 29.8 Å². The van der Waals surface area contributed by atoms with Crippen LogP contribution in [0.15, 0.2) is 54.7 Å². The van der Waals surface area contributed by atoms with Crippen LogP contribution in [0, 0.1) is 0 Å². The average molecular weight is 430 g/mol. The summed E-state index contributed by atoms with van der Waals surface area (Å²) in [5.74, 6) is -2.85. The van der Waals surface area contributed by atoms with E-state index in [1.165, 1.54) is 12.1 Å². The summed E-state index contributed by atoms with van der Waals surface area (Å²) in [5, 5.41) is 4.72. The van der Waals surface area contributed by atoms with Crippen LogP contribution in [0.25, 0.3) is 5.69 Å². The molecular formula is C20H17Cl3F2N2. The number of benzene rings is 2. The molecule has 0 radical (unpaired) electrons. The molecule has 1 N–H and O–H groups in total. The number of alkyl halides is 2. The van der Waals surface area contributed by atoms with Crippen molar-refractivity contribution in [3.05, 3.63) is 87.2 Å². The third-order valence-electron chi connectivity index (χ3n) is 4.73. The highest BCUT2D eigenvalue weighted by Gasteiger charge is 2.27. The first kappa shape index (κ1) is 20.2. The number of rotatable bonds is 2. The third kappa shape index (κ3) is 3.59. The normalized spacial score (nSPS) is 16.1. The minimum atomic E-state index is -2.85. The Balaban J connectivity index is 0.00000210. The zero-order valence-electron chi connectivity index (χ0n) is 14.3. The van der Waals surface area contributed by atoms with E-state index in [0.717, 1.165) is 29.4 Å². The van der Waals surface area contributed by atoms with Crippen molar-refractivity contribution in [2.24, 2.45) is 0 Å². The second-order valence-corrected chi connectivity index (χ2v) is 7.30. The molecule has 0 amide bonds. The molecule has 1 aromatic heterocycles. The maximum Gasteiger partial charge on any atom is 0.270 e. The Labute approximate surface area is 172 Å². The number of aromatic nitrogens is 1. The predicted molar refractivity (Wildman–Crippen MR) is 108 cm³/mol. The molecule has 2 nitrogen and oxygen atoms in total. The highest BCUT2D eigenvalue weighted by Crippen LogP contribution is 2.37. The number of nitrogens with zero attached hydrogens (tertiary/aromatic N) is 1. The Morgan fingerprint density at radius 2 is 1.70 bits per heavy atom. The SMILES string of the molecule is CC(F)(F)c1ccc(C2NCc3c(Cl)ccc(Cl)c3-n3cccc32)cc1.Cl. The molecule has 142 valence electrons. The molecule has 0 aliphatic carbocycles. The van der Waals surface area contributed by atoms with Crippen molar-refractivity contribution in [1.29, 1.82) is 0 Å². The van der Waals surface area contributed by atoms with E-state index in [9.17, 15) is 8.78 Å². The van der Waals surface area contributed by atoms with Crippen LogP contribution >= 0.6 is 35.6 Å². The number of hydrogen-bond donors (Lipinski definition) is 1. The molecule has 1 aliphatic rings. The van der Waals surface area contributed by atoms with E-state index in [2.05, 4.69) is 5.32 Å². The lowest BCUT2D eigenvalue weighted by Crippen LogP contribution is -2.21. The van der Waals surface area contributed by atoms with E-state index in [1.54, 1.807) is 24.3 Å². The average Bonchev–Trinajstić information content (AvgIpc) is 3.00. The van der Waals surface area contributed by atoms with Crippen LogP contribution in [0.4, 0.5) is 8.78 Å². The van der Waals surface area contributed by atoms with Crippen LogP contribution in [-0.4, -0.2) is 4.57 Å². The number of nitrogens with one attached hydrogen (secondary N) is 1. The van der Waals surface area contributed by atoms with E-state index in [4.69, 9.17) is 23.2 Å². The van der Waals surface area contributed by atoms with Gasteiger partial charge in [-0.1, -0.05) is 47.5 Å². The second kappa shape index (κ2) is 7.44. The predicted octanol–water partition coefficient (Wildman–Crippen LogP) is 6.51. The number of hydrogen-bond acceptors (Lipinski definition) is 1. The van der Waals surface area contributed by atoms with Crippen LogP contribution in [0.1, 0.15) is 35.3 Å². The molecule has 7 heteroatoms. The summed E-state index contributed by atoms with van der Waals surface area (Å²) in [6.07, 6.45) is 1.94. The molecule has 0 saturated carbocycles. The largest absolute Gasteiger partial charge is 0.317 e. The van der Waals surface area contributed by atoms with Crippen molar-refractivity contribution in [2.75, 3.05) is 0 Å².